The minimum absolute atomic E-state index is 0. The van der Waals surface area contributed by atoms with Crippen molar-refractivity contribution in [2.24, 2.45) is 0 Å². The van der Waals surface area contributed by atoms with E-state index in [1.54, 1.807) is 6.07 Å². The Morgan fingerprint density at radius 3 is 1.25 bits per heavy atom. The molecule has 0 atom stereocenters. The van der Waals surface area contributed by atoms with Gasteiger partial charge in [-0.3, -0.25) is 0 Å². The Bertz CT molecular complexity index is 773. The van der Waals surface area contributed by atoms with Crippen molar-refractivity contribution >= 4 is 29.3 Å². The Morgan fingerprint density at radius 2 is 0.958 bits per heavy atom. The van der Waals surface area contributed by atoms with Gasteiger partial charge in [-0.15, -0.1) is 0 Å². The first-order valence-corrected chi connectivity index (χ1v) is 9.34. The molecule has 24 heavy (non-hydrogen) atoms. The summed E-state index contributed by atoms with van der Waals surface area (Å²) in [4.78, 5) is -0.185. The van der Waals surface area contributed by atoms with E-state index in [1.807, 2.05) is 0 Å². The van der Waals surface area contributed by atoms with Crippen LogP contribution in [0.4, 0.5) is 0 Å². The maximum Gasteiger partial charge on any atom is 1.00 e. The van der Waals surface area contributed by atoms with Crippen LogP contribution in [0.3, 0.4) is 0 Å². The van der Waals surface area contributed by atoms with Crippen LogP contribution in [0.1, 0.15) is 0 Å². The summed E-state index contributed by atoms with van der Waals surface area (Å²) in [6.45, 7) is 0. The minimum atomic E-state index is -4.25. The van der Waals surface area contributed by atoms with Crippen LogP contribution >= 0.6 is 8.58 Å². The Labute approximate surface area is 156 Å². The van der Waals surface area contributed by atoms with Gasteiger partial charge in [-0.25, -0.2) is 8.42 Å². The van der Waals surface area contributed by atoms with E-state index >= 15 is 0 Å². The zero-order chi connectivity index (χ0) is 16.5. The molecule has 0 aliphatic heterocycles. The third-order valence-corrected chi connectivity index (χ3v) is 4.96. The molecule has 0 bridgehead atoms. The average molecular weight is 350 g/mol. The van der Waals surface area contributed by atoms with Crippen LogP contribution in [0.2, 0.25) is 0 Å². The molecule has 0 aliphatic rings. The quantitative estimate of drug-likeness (QED) is 0.377. The van der Waals surface area contributed by atoms with E-state index in [-0.39, 0.29) is 23.8 Å². The van der Waals surface area contributed by atoms with Gasteiger partial charge in [0.15, 0.2) is 0 Å². The van der Waals surface area contributed by atoms with Crippen molar-refractivity contribution in [1.29, 1.82) is 0 Å². The predicted octanol–water partition coefficient (Wildman–Crippen LogP) is -0.0894. The van der Waals surface area contributed by atoms with Gasteiger partial charge >= 0.3 is 18.9 Å². The van der Waals surface area contributed by atoms with Crippen LogP contribution in [-0.2, 0) is 10.1 Å². The summed E-state index contributed by atoms with van der Waals surface area (Å²) in [5.74, 6) is 0. The zero-order valence-corrected chi connectivity index (χ0v) is 15.1. The fourth-order valence-electron chi connectivity index (χ4n) is 1.80. The molecule has 118 valence electrons. The number of hydrogen-bond donors (Lipinski definition) is 0. The topological polar surface area (TPSA) is 57.2 Å². The molecule has 0 aromatic heterocycles. The molecule has 0 heterocycles. The molecule has 0 spiro atoms. The molecule has 0 amide bonds. The monoisotopic (exact) mass is 350 g/mol. The first-order chi connectivity index (χ1) is 11.1. The maximum absolute atomic E-state index is 10.3. The molecule has 3 aromatic carbocycles. The summed E-state index contributed by atoms with van der Waals surface area (Å²) >= 11 is 0. The first-order valence-electron chi connectivity index (χ1n) is 6.94. The van der Waals surface area contributed by atoms with E-state index < -0.39 is 10.1 Å². The second kappa shape index (κ2) is 10.5. The summed E-state index contributed by atoms with van der Waals surface area (Å²) in [7, 11) is -3.48. The standard InChI is InChI=1S/C12H11P.C6H6O3S.Li/c1-3-7-11(8-4-1)13-12-9-5-2-6-10-12;7-10(8,9)6-4-2-1-3-5-6;/h1-10,13H;1-5H,(H,7,8,9);/q;;+1/p-1. The van der Waals surface area contributed by atoms with Crippen LogP contribution in [0.5, 0.6) is 0 Å². The number of benzene rings is 3. The summed E-state index contributed by atoms with van der Waals surface area (Å²) in [6.07, 6.45) is 0. The van der Waals surface area contributed by atoms with E-state index in [9.17, 15) is 13.0 Å². The number of rotatable bonds is 3. The fraction of sp³-hybridized carbons (Fsp3) is 0. The molecule has 3 nitrogen and oxygen atoms in total. The SMILES string of the molecule is O=S(=O)([O-])c1ccccc1.[Li+].c1ccc(Pc2ccccc2)cc1. The van der Waals surface area contributed by atoms with E-state index in [0.29, 0.717) is 0 Å². The van der Waals surface area contributed by atoms with Gasteiger partial charge in [0, 0.05) is 0 Å². The summed E-state index contributed by atoms with van der Waals surface area (Å²) in [5.41, 5.74) is 0. The molecule has 0 saturated heterocycles. The van der Waals surface area contributed by atoms with Gasteiger partial charge in [0.1, 0.15) is 10.1 Å². The van der Waals surface area contributed by atoms with Gasteiger partial charge in [0.2, 0.25) is 0 Å². The van der Waals surface area contributed by atoms with Crippen LogP contribution in [0.25, 0.3) is 0 Å². The van der Waals surface area contributed by atoms with E-state index in [1.165, 1.54) is 34.9 Å². The van der Waals surface area contributed by atoms with Gasteiger partial charge < -0.3 is 4.55 Å². The van der Waals surface area contributed by atoms with Crippen LogP contribution in [0.15, 0.2) is 95.9 Å². The smallest absolute Gasteiger partial charge is 0.744 e. The summed E-state index contributed by atoms with van der Waals surface area (Å²) < 4.78 is 30.8. The van der Waals surface area contributed by atoms with Gasteiger partial charge in [-0.1, -0.05) is 87.4 Å². The molecule has 6 heteroatoms. The molecule has 0 saturated carbocycles. The third kappa shape index (κ3) is 7.44. The van der Waals surface area contributed by atoms with Crippen molar-refractivity contribution < 1.29 is 31.8 Å². The van der Waals surface area contributed by atoms with Crippen LogP contribution in [-0.4, -0.2) is 13.0 Å². The second-order valence-corrected chi connectivity index (χ2v) is 7.41. The Balaban J connectivity index is 0.000000238. The van der Waals surface area contributed by atoms with Gasteiger partial charge in [0.05, 0.1) is 4.90 Å². The zero-order valence-electron chi connectivity index (χ0n) is 13.3. The number of hydrogen-bond acceptors (Lipinski definition) is 3. The molecule has 0 fully saturated rings. The molecule has 0 aliphatic carbocycles. The first kappa shape index (κ1) is 20.6. The molecule has 0 radical (unpaired) electrons. The molecule has 3 aromatic rings. The van der Waals surface area contributed by atoms with Crippen molar-refractivity contribution in [2.75, 3.05) is 0 Å². The fourth-order valence-corrected chi connectivity index (χ4v) is 3.34. The van der Waals surface area contributed by atoms with Gasteiger partial charge in [0.25, 0.3) is 0 Å². The second-order valence-electron chi connectivity index (χ2n) is 4.62. The Hall–Kier alpha value is -1.40. The largest absolute Gasteiger partial charge is 1.00 e. The van der Waals surface area contributed by atoms with Crippen molar-refractivity contribution in [2.45, 2.75) is 4.90 Å². The normalized spacial score (nSPS) is 10.0. The average Bonchev–Trinajstić information content (AvgIpc) is 2.57. The molecular formula is C18H16LiO3PS. The van der Waals surface area contributed by atoms with E-state index in [4.69, 9.17) is 0 Å². The van der Waals surface area contributed by atoms with Gasteiger partial charge in [-0.2, -0.15) is 0 Å². The molecule has 3 rings (SSSR count). The van der Waals surface area contributed by atoms with Crippen molar-refractivity contribution in [3.8, 4) is 0 Å². The van der Waals surface area contributed by atoms with Crippen molar-refractivity contribution in [3.63, 3.8) is 0 Å². The van der Waals surface area contributed by atoms with E-state index in [2.05, 4.69) is 60.7 Å². The minimum Gasteiger partial charge on any atom is -0.744 e. The van der Waals surface area contributed by atoms with Gasteiger partial charge in [-0.05, 0) is 22.7 Å². The molecule has 0 unspecified atom stereocenters. The van der Waals surface area contributed by atoms with Crippen LogP contribution < -0.4 is 29.5 Å². The van der Waals surface area contributed by atoms with Crippen molar-refractivity contribution in [3.05, 3.63) is 91.0 Å². The van der Waals surface area contributed by atoms with Crippen molar-refractivity contribution in [1.82, 2.24) is 0 Å². The Morgan fingerprint density at radius 1 is 0.625 bits per heavy atom. The van der Waals surface area contributed by atoms with Crippen LogP contribution in [0, 0.1) is 0 Å². The maximum atomic E-state index is 10.3. The summed E-state index contributed by atoms with van der Waals surface area (Å²) in [5, 5.41) is 2.79. The third-order valence-electron chi connectivity index (χ3n) is 2.87. The summed E-state index contributed by atoms with van der Waals surface area (Å²) in [6, 6.07) is 28.3. The van der Waals surface area contributed by atoms with E-state index in [0.717, 1.165) is 8.58 Å². The molecule has 0 N–H and O–H groups in total. The Kier molecular flexibility index (Phi) is 9.00. The predicted molar refractivity (Wildman–Crippen MR) is 94.9 cm³/mol. The molecular weight excluding hydrogens is 334 g/mol.